The smallest absolute Gasteiger partial charge is 0.410 e. The lowest BCUT2D eigenvalue weighted by atomic mass is 9.92. The first kappa shape index (κ1) is 26.3. The SMILES string of the molecule is CCN(C(=O)OC(C)(C)C)C1CCCc2sc(-c3ccc4c(=O)c(C(=O)O)cn(C5CC5)c4c3OC)cc21. The number of hydrogen-bond donors (Lipinski definition) is 1. The van der Waals surface area contributed by atoms with Gasteiger partial charge < -0.3 is 24.0 Å². The van der Waals surface area contributed by atoms with Crippen LogP contribution < -0.4 is 10.2 Å². The van der Waals surface area contributed by atoms with Crippen LogP contribution in [0.15, 0.2) is 29.2 Å². The number of carbonyl (C=O) groups is 2. The average molecular weight is 539 g/mol. The summed E-state index contributed by atoms with van der Waals surface area (Å²) in [6.45, 7) is 8.14. The number of pyridine rings is 1. The van der Waals surface area contributed by atoms with E-state index >= 15 is 0 Å². The van der Waals surface area contributed by atoms with E-state index in [2.05, 4.69) is 6.07 Å². The van der Waals surface area contributed by atoms with Gasteiger partial charge in [0.05, 0.1) is 24.1 Å². The van der Waals surface area contributed by atoms with Crippen LogP contribution in [0.3, 0.4) is 0 Å². The molecule has 1 fully saturated rings. The largest absolute Gasteiger partial charge is 0.494 e. The molecule has 2 aliphatic rings. The third-order valence-electron chi connectivity index (χ3n) is 7.21. The fourth-order valence-electron chi connectivity index (χ4n) is 5.40. The highest BCUT2D eigenvalue weighted by molar-refractivity contribution is 7.15. The number of carboxylic acids is 1. The highest BCUT2D eigenvalue weighted by atomic mass is 32.1. The van der Waals surface area contributed by atoms with Crippen molar-refractivity contribution < 1.29 is 24.2 Å². The Kier molecular flexibility index (Phi) is 6.75. The van der Waals surface area contributed by atoms with Gasteiger partial charge in [-0.1, -0.05) is 0 Å². The maximum absolute atomic E-state index is 13.1. The molecular formula is C29H34N2O6S. The van der Waals surface area contributed by atoms with Crippen LogP contribution in [0.4, 0.5) is 4.79 Å². The minimum absolute atomic E-state index is 0.0715. The fraction of sp³-hybridized carbons (Fsp3) is 0.483. The van der Waals surface area contributed by atoms with Gasteiger partial charge in [-0.15, -0.1) is 11.3 Å². The molecule has 1 N–H and O–H groups in total. The molecule has 1 atom stereocenters. The maximum atomic E-state index is 13.1. The minimum atomic E-state index is -1.23. The summed E-state index contributed by atoms with van der Waals surface area (Å²) in [7, 11) is 1.59. The second-order valence-electron chi connectivity index (χ2n) is 11.0. The first-order valence-corrected chi connectivity index (χ1v) is 14.0. The third-order valence-corrected chi connectivity index (χ3v) is 8.46. The monoisotopic (exact) mass is 538 g/mol. The summed E-state index contributed by atoms with van der Waals surface area (Å²) in [5.74, 6) is -0.658. The Balaban J connectivity index is 1.62. The van der Waals surface area contributed by atoms with E-state index in [1.165, 1.54) is 11.1 Å². The minimum Gasteiger partial charge on any atom is -0.494 e. The number of aryl methyl sites for hydroxylation is 1. The number of rotatable bonds is 6. The van der Waals surface area contributed by atoms with Crippen LogP contribution in [0.1, 0.15) is 86.3 Å². The Labute approximate surface area is 225 Å². The summed E-state index contributed by atoms with van der Waals surface area (Å²) in [6, 6.07) is 5.79. The predicted octanol–water partition coefficient (Wildman–Crippen LogP) is 6.41. The van der Waals surface area contributed by atoms with Gasteiger partial charge in [-0.3, -0.25) is 4.79 Å². The number of hydrogen-bond acceptors (Lipinski definition) is 6. The van der Waals surface area contributed by atoms with Crippen LogP contribution in [0.2, 0.25) is 0 Å². The Morgan fingerprint density at radius 2 is 1.95 bits per heavy atom. The van der Waals surface area contributed by atoms with Crippen LogP contribution in [-0.2, 0) is 11.2 Å². The molecule has 38 heavy (non-hydrogen) atoms. The van der Waals surface area contributed by atoms with Crippen LogP contribution in [0.5, 0.6) is 5.75 Å². The van der Waals surface area contributed by atoms with Gasteiger partial charge in [0.15, 0.2) is 5.75 Å². The van der Waals surface area contributed by atoms with E-state index in [0.717, 1.165) is 48.1 Å². The topological polar surface area (TPSA) is 98.1 Å². The molecule has 0 saturated heterocycles. The molecular weight excluding hydrogens is 504 g/mol. The molecule has 1 amide bonds. The number of nitrogens with zero attached hydrogens (tertiary/aromatic N) is 2. The molecule has 5 rings (SSSR count). The Morgan fingerprint density at radius 1 is 1.21 bits per heavy atom. The molecule has 8 nitrogen and oxygen atoms in total. The number of aromatic nitrogens is 1. The lowest BCUT2D eigenvalue weighted by molar-refractivity contribution is 0.0154. The van der Waals surface area contributed by atoms with Crippen molar-refractivity contribution in [3.05, 3.63) is 50.6 Å². The van der Waals surface area contributed by atoms with Gasteiger partial charge in [-0.05, 0) is 83.6 Å². The number of carboxylic acid groups (broad SMARTS) is 1. The summed E-state index contributed by atoms with van der Waals surface area (Å²) in [6.07, 6.45) is 5.79. The normalized spacial score (nSPS) is 17.2. The predicted molar refractivity (Wildman–Crippen MR) is 148 cm³/mol. The van der Waals surface area contributed by atoms with E-state index in [1.54, 1.807) is 24.5 Å². The average Bonchev–Trinajstić information content (AvgIpc) is 3.60. The molecule has 0 spiro atoms. The van der Waals surface area contributed by atoms with Gasteiger partial charge in [0.2, 0.25) is 5.43 Å². The van der Waals surface area contributed by atoms with Gasteiger partial charge in [0.25, 0.3) is 0 Å². The van der Waals surface area contributed by atoms with E-state index in [1.807, 2.05) is 43.2 Å². The molecule has 1 unspecified atom stereocenters. The number of amides is 1. The van der Waals surface area contributed by atoms with Gasteiger partial charge >= 0.3 is 12.1 Å². The number of thiophene rings is 1. The summed E-state index contributed by atoms with van der Waals surface area (Å²) < 4.78 is 13.5. The van der Waals surface area contributed by atoms with Crippen molar-refractivity contribution >= 4 is 34.3 Å². The summed E-state index contributed by atoms with van der Waals surface area (Å²) >= 11 is 1.68. The molecule has 0 radical (unpaired) electrons. The van der Waals surface area contributed by atoms with E-state index < -0.39 is 17.0 Å². The molecule has 9 heteroatoms. The Hall–Kier alpha value is -3.33. The second-order valence-corrected chi connectivity index (χ2v) is 12.2. The summed E-state index contributed by atoms with van der Waals surface area (Å²) in [4.78, 5) is 41.9. The fourth-order valence-corrected chi connectivity index (χ4v) is 6.68. The van der Waals surface area contributed by atoms with Crippen LogP contribution in [0.25, 0.3) is 21.3 Å². The quantitative estimate of drug-likeness (QED) is 0.390. The molecule has 0 bridgehead atoms. The third kappa shape index (κ3) is 4.68. The Morgan fingerprint density at radius 3 is 2.55 bits per heavy atom. The van der Waals surface area contributed by atoms with Crippen molar-refractivity contribution in [2.75, 3.05) is 13.7 Å². The Bertz CT molecular complexity index is 1480. The van der Waals surface area contributed by atoms with E-state index in [9.17, 15) is 19.5 Å². The molecule has 3 aromatic rings. The molecule has 1 aromatic carbocycles. The van der Waals surface area contributed by atoms with E-state index in [4.69, 9.17) is 9.47 Å². The van der Waals surface area contributed by atoms with Crippen LogP contribution in [-0.4, -0.2) is 45.9 Å². The zero-order chi connectivity index (χ0) is 27.4. The number of carbonyl (C=O) groups excluding carboxylic acids is 1. The molecule has 202 valence electrons. The molecule has 0 aliphatic heterocycles. The molecule has 1 saturated carbocycles. The number of fused-ring (bicyclic) bond motifs is 2. The van der Waals surface area contributed by atoms with Crippen molar-refractivity contribution in [2.45, 2.75) is 77.5 Å². The van der Waals surface area contributed by atoms with Crippen molar-refractivity contribution in [2.24, 2.45) is 0 Å². The van der Waals surface area contributed by atoms with Crippen molar-refractivity contribution in [3.63, 3.8) is 0 Å². The summed E-state index contributed by atoms with van der Waals surface area (Å²) in [5.41, 5.74) is 1.32. The number of benzene rings is 1. The van der Waals surface area contributed by atoms with Crippen LogP contribution >= 0.6 is 11.3 Å². The highest BCUT2D eigenvalue weighted by Crippen LogP contribution is 2.47. The lowest BCUT2D eigenvalue weighted by Crippen LogP contribution is -2.40. The van der Waals surface area contributed by atoms with Crippen molar-refractivity contribution in [3.8, 4) is 16.2 Å². The molecule has 2 aromatic heterocycles. The molecule has 2 heterocycles. The number of ether oxygens (including phenoxy) is 2. The lowest BCUT2D eigenvalue weighted by Gasteiger charge is -2.35. The van der Waals surface area contributed by atoms with Gasteiger partial charge in [-0.25, -0.2) is 9.59 Å². The van der Waals surface area contributed by atoms with Gasteiger partial charge in [-0.2, -0.15) is 0 Å². The van der Waals surface area contributed by atoms with Crippen molar-refractivity contribution in [1.82, 2.24) is 9.47 Å². The standard InChI is InChI=1S/C29H34N2O6S/c1-6-30(28(35)37-29(2,3)4)21-8-7-9-22-19(21)14-23(38-22)17-12-13-18-24(26(17)36-5)31(16-10-11-16)15-20(25(18)32)27(33)34/h12-16,21H,6-11H2,1-5H3,(H,33,34). The first-order chi connectivity index (χ1) is 18.0. The number of methoxy groups -OCH3 is 1. The van der Waals surface area contributed by atoms with E-state index in [0.29, 0.717) is 23.2 Å². The second kappa shape index (κ2) is 9.76. The van der Waals surface area contributed by atoms with E-state index in [-0.39, 0.29) is 23.7 Å². The van der Waals surface area contributed by atoms with Crippen LogP contribution in [0, 0.1) is 0 Å². The summed E-state index contributed by atoms with van der Waals surface area (Å²) in [5, 5.41) is 9.96. The zero-order valence-corrected chi connectivity index (χ0v) is 23.3. The highest BCUT2D eigenvalue weighted by Gasteiger charge is 2.34. The maximum Gasteiger partial charge on any atom is 0.410 e. The number of aromatic carboxylic acids is 1. The van der Waals surface area contributed by atoms with Crippen molar-refractivity contribution in [1.29, 1.82) is 0 Å². The first-order valence-electron chi connectivity index (χ1n) is 13.2. The molecule has 2 aliphatic carbocycles. The zero-order valence-electron chi connectivity index (χ0n) is 22.5. The van der Waals surface area contributed by atoms with Gasteiger partial charge in [0, 0.05) is 34.1 Å². The van der Waals surface area contributed by atoms with Gasteiger partial charge in [0.1, 0.15) is 11.2 Å².